The lowest BCUT2D eigenvalue weighted by Gasteiger charge is -2.25. The van der Waals surface area contributed by atoms with E-state index in [1.54, 1.807) is 14.0 Å². The van der Waals surface area contributed by atoms with Crippen LogP contribution in [0.4, 0.5) is 4.79 Å². The standard InChI is InChI=1S/C12H25N3O4/c1-5-12(2,10(16)17)14-11(18)13-6-7-15(3)8-9-19-4/h5-9H2,1-4H3,(H,16,17)(H2,13,14,18). The Morgan fingerprint density at radius 3 is 2.47 bits per heavy atom. The zero-order valence-electron chi connectivity index (χ0n) is 12.2. The molecule has 112 valence electrons. The molecule has 3 N–H and O–H groups in total. The molecule has 0 radical (unpaired) electrons. The van der Waals surface area contributed by atoms with E-state index in [0.29, 0.717) is 26.1 Å². The van der Waals surface area contributed by atoms with Crippen molar-refractivity contribution in [3.63, 3.8) is 0 Å². The second kappa shape index (κ2) is 8.71. The summed E-state index contributed by atoms with van der Waals surface area (Å²) in [6, 6.07) is -0.466. The fourth-order valence-corrected chi connectivity index (χ4v) is 1.31. The molecule has 0 spiro atoms. The van der Waals surface area contributed by atoms with E-state index in [-0.39, 0.29) is 0 Å². The van der Waals surface area contributed by atoms with Gasteiger partial charge in [-0.1, -0.05) is 6.92 Å². The van der Waals surface area contributed by atoms with E-state index in [2.05, 4.69) is 10.6 Å². The molecule has 1 unspecified atom stereocenters. The summed E-state index contributed by atoms with van der Waals surface area (Å²) in [4.78, 5) is 24.6. The molecule has 0 saturated carbocycles. The third kappa shape index (κ3) is 6.97. The van der Waals surface area contributed by atoms with Gasteiger partial charge < -0.3 is 25.4 Å². The van der Waals surface area contributed by atoms with Gasteiger partial charge in [-0.25, -0.2) is 9.59 Å². The molecule has 0 heterocycles. The second-order valence-electron chi connectivity index (χ2n) is 4.67. The smallest absolute Gasteiger partial charge is 0.329 e. The van der Waals surface area contributed by atoms with Gasteiger partial charge in [0.05, 0.1) is 6.61 Å². The lowest BCUT2D eigenvalue weighted by molar-refractivity contribution is -0.143. The summed E-state index contributed by atoms with van der Waals surface area (Å²) in [6.07, 6.45) is 0.323. The molecule has 0 aliphatic rings. The van der Waals surface area contributed by atoms with Crippen molar-refractivity contribution in [3.05, 3.63) is 0 Å². The van der Waals surface area contributed by atoms with Crippen molar-refractivity contribution >= 4 is 12.0 Å². The summed E-state index contributed by atoms with van der Waals surface area (Å²) in [6.45, 7) is 5.74. The molecule has 0 aromatic carbocycles. The first kappa shape index (κ1) is 17.7. The topological polar surface area (TPSA) is 90.9 Å². The van der Waals surface area contributed by atoms with Gasteiger partial charge in [-0.15, -0.1) is 0 Å². The number of nitrogens with zero attached hydrogens (tertiary/aromatic N) is 1. The van der Waals surface area contributed by atoms with Gasteiger partial charge in [-0.2, -0.15) is 0 Å². The average Bonchev–Trinajstić information content (AvgIpc) is 2.35. The van der Waals surface area contributed by atoms with Crippen LogP contribution in [0.2, 0.25) is 0 Å². The van der Waals surface area contributed by atoms with Crippen LogP contribution in [0, 0.1) is 0 Å². The first-order chi connectivity index (χ1) is 8.85. The highest BCUT2D eigenvalue weighted by molar-refractivity contribution is 5.85. The molecule has 0 fully saturated rings. The van der Waals surface area contributed by atoms with E-state index in [1.165, 1.54) is 6.92 Å². The van der Waals surface area contributed by atoms with Gasteiger partial charge in [0.25, 0.3) is 0 Å². The van der Waals surface area contributed by atoms with Gasteiger partial charge in [0.15, 0.2) is 0 Å². The van der Waals surface area contributed by atoms with Crippen LogP contribution in [-0.4, -0.2) is 67.9 Å². The second-order valence-corrected chi connectivity index (χ2v) is 4.67. The molecule has 2 amide bonds. The highest BCUT2D eigenvalue weighted by Gasteiger charge is 2.32. The van der Waals surface area contributed by atoms with Crippen molar-refractivity contribution in [2.75, 3.05) is 40.4 Å². The summed E-state index contributed by atoms with van der Waals surface area (Å²) in [7, 11) is 3.56. The SMILES string of the molecule is CCC(C)(NC(=O)NCCN(C)CCOC)C(=O)O. The van der Waals surface area contributed by atoms with Crippen LogP contribution in [0.15, 0.2) is 0 Å². The van der Waals surface area contributed by atoms with Crippen molar-refractivity contribution < 1.29 is 19.4 Å². The Morgan fingerprint density at radius 1 is 1.37 bits per heavy atom. The number of amides is 2. The zero-order chi connectivity index (χ0) is 14.9. The van der Waals surface area contributed by atoms with Crippen LogP contribution in [0.5, 0.6) is 0 Å². The van der Waals surface area contributed by atoms with Crippen LogP contribution >= 0.6 is 0 Å². The monoisotopic (exact) mass is 275 g/mol. The van der Waals surface area contributed by atoms with Gasteiger partial charge in [0, 0.05) is 26.7 Å². The van der Waals surface area contributed by atoms with Crippen LogP contribution in [0.1, 0.15) is 20.3 Å². The Morgan fingerprint density at radius 2 is 2.00 bits per heavy atom. The predicted octanol–water partition coefficient (Wildman–Crippen LogP) is 0.117. The molecule has 0 aromatic heterocycles. The number of aliphatic carboxylic acids is 1. The summed E-state index contributed by atoms with van der Waals surface area (Å²) in [5, 5.41) is 14.1. The molecule has 19 heavy (non-hydrogen) atoms. The maximum Gasteiger partial charge on any atom is 0.329 e. The van der Waals surface area contributed by atoms with Crippen molar-refractivity contribution in [3.8, 4) is 0 Å². The molecule has 7 heteroatoms. The van der Waals surface area contributed by atoms with E-state index < -0.39 is 17.5 Å². The van der Waals surface area contributed by atoms with Crippen LogP contribution in [-0.2, 0) is 9.53 Å². The fraction of sp³-hybridized carbons (Fsp3) is 0.833. The number of hydrogen-bond donors (Lipinski definition) is 3. The molecule has 0 aliphatic carbocycles. The lowest BCUT2D eigenvalue weighted by atomic mass is 10.00. The third-order valence-electron chi connectivity index (χ3n) is 3.02. The van der Waals surface area contributed by atoms with Gasteiger partial charge in [-0.05, 0) is 20.4 Å². The number of carbonyl (C=O) groups is 2. The predicted molar refractivity (Wildman–Crippen MR) is 72.2 cm³/mol. The van der Waals surface area contributed by atoms with E-state index in [9.17, 15) is 9.59 Å². The van der Waals surface area contributed by atoms with Gasteiger partial charge in [0.1, 0.15) is 5.54 Å². The van der Waals surface area contributed by atoms with Crippen LogP contribution in [0.25, 0.3) is 0 Å². The number of carboxylic acids is 1. The average molecular weight is 275 g/mol. The van der Waals surface area contributed by atoms with Gasteiger partial charge in [-0.3, -0.25) is 0 Å². The fourth-order valence-electron chi connectivity index (χ4n) is 1.31. The number of carbonyl (C=O) groups excluding carboxylic acids is 1. The molecule has 0 rings (SSSR count). The van der Waals surface area contributed by atoms with E-state index in [4.69, 9.17) is 9.84 Å². The van der Waals surface area contributed by atoms with Crippen molar-refractivity contribution in [2.24, 2.45) is 0 Å². The Hall–Kier alpha value is -1.34. The Bertz CT molecular complexity index is 299. The van der Waals surface area contributed by atoms with E-state index >= 15 is 0 Å². The third-order valence-corrected chi connectivity index (χ3v) is 3.02. The quantitative estimate of drug-likeness (QED) is 0.556. The van der Waals surface area contributed by atoms with E-state index in [0.717, 1.165) is 6.54 Å². The maximum absolute atomic E-state index is 11.6. The molecule has 1 atom stereocenters. The zero-order valence-corrected chi connectivity index (χ0v) is 12.2. The maximum atomic E-state index is 11.6. The first-order valence-electron chi connectivity index (χ1n) is 6.32. The molecule has 0 bridgehead atoms. The Balaban J connectivity index is 3.96. The largest absolute Gasteiger partial charge is 0.480 e. The Kier molecular flexibility index (Phi) is 8.09. The van der Waals surface area contributed by atoms with Gasteiger partial charge >= 0.3 is 12.0 Å². The number of likely N-dealkylation sites (N-methyl/N-ethyl adjacent to an activating group) is 1. The molecule has 0 saturated heterocycles. The minimum Gasteiger partial charge on any atom is -0.480 e. The number of methoxy groups -OCH3 is 1. The number of ether oxygens (including phenoxy) is 1. The lowest BCUT2D eigenvalue weighted by Crippen LogP contribution is -2.55. The van der Waals surface area contributed by atoms with Crippen molar-refractivity contribution in [1.82, 2.24) is 15.5 Å². The highest BCUT2D eigenvalue weighted by Crippen LogP contribution is 2.08. The van der Waals surface area contributed by atoms with Crippen molar-refractivity contribution in [1.29, 1.82) is 0 Å². The molecular weight excluding hydrogens is 250 g/mol. The number of rotatable bonds is 9. The molecular formula is C12H25N3O4. The Labute approximate surface area is 114 Å². The summed E-state index contributed by atoms with van der Waals surface area (Å²) in [5.74, 6) is -1.04. The normalized spacial score (nSPS) is 13.9. The summed E-state index contributed by atoms with van der Waals surface area (Å²) in [5.41, 5.74) is -1.23. The number of urea groups is 1. The summed E-state index contributed by atoms with van der Waals surface area (Å²) >= 11 is 0. The summed E-state index contributed by atoms with van der Waals surface area (Å²) < 4.78 is 4.94. The molecule has 0 aliphatic heterocycles. The molecule has 0 aromatic rings. The van der Waals surface area contributed by atoms with E-state index in [1.807, 2.05) is 11.9 Å². The highest BCUT2D eigenvalue weighted by atomic mass is 16.5. The van der Waals surface area contributed by atoms with Crippen LogP contribution in [0.3, 0.4) is 0 Å². The number of nitrogens with one attached hydrogen (secondary N) is 2. The van der Waals surface area contributed by atoms with Crippen molar-refractivity contribution in [2.45, 2.75) is 25.8 Å². The minimum atomic E-state index is -1.23. The number of carboxylic acid groups (broad SMARTS) is 1. The minimum absolute atomic E-state index is 0.323. The van der Waals surface area contributed by atoms with Gasteiger partial charge in [0.2, 0.25) is 0 Å². The number of hydrogen-bond acceptors (Lipinski definition) is 4. The molecule has 7 nitrogen and oxygen atoms in total. The first-order valence-corrected chi connectivity index (χ1v) is 6.32. The van der Waals surface area contributed by atoms with Crippen LogP contribution < -0.4 is 10.6 Å².